The van der Waals surface area contributed by atoms with E-state index in [0.717, 1.165) is 0 Å². The average molecular weight is 274 g/mol. The molecule has 0 spiro atoms. The van der Waals surface area contributed by atoms with E-state index in [2.05, 4.69) is 4.98 Å². The predicted molar refractivity (Wildman–Crippen MR) is 64.9 cm³/mol. The Morgan fingerprint density at radius 1 is 1.72 bits per heavy atom. The Hall–Kier alpha value is -1.44. The molecule has 0 bridgehead atoms. The molecule has 0 aromatic carbocycles. The van der Waals surface area contributed by atoms with Gasteiger partial charge in [0.2, 0.25) is 5.82 Å². The summed E-state index contributed by atoms with van der Waals surface area (Å²) < 4.78 is 5.22. The monoisotopic (exact) mass is 273 g/mol. The second-order valence-electron chi connectivity index (χ2n) is 3.86. The molecule has 1 saturated heterocycles. The van der Waals surface area contributed by atoms with Crippen LogP contribution in [0.2, 0.25) is 5.02 Å². The third-order valence-corrected chi connectivity index (χ3v) is 2.93. The van der Waals surface area contributed by atoms with E-state index < -0.39 is 4.92 Å². The molecular formula is C10H12ClN3O4. The maximum Gasteiger partial charge on any atom is 0.313 e. The van der Waals surface area contributed by atoms with Crippen molar-refractivity contribution in [1.29, 1.82) is 0 Å². The average Bonchev–Trinajstić information content (AvgIpc) is 2.38. The standard InChI is InChI=1S/C10H12ClN3O4/c11-7-3-9(14(16)17)10(12-4-7)13-1-2-18-6-8(13)5-15/h3-4,8,15H,1-2,5-6H2/t8-/m1/s1. The van der Waals surface area contributed by atoms with Gasteiger partial charge in [0.25, 0.3) is 0 Å². The van der Waals surface area contributed by atoms with Crippen molar-refractivity contribution in [1.82, 2.24) is 4.98 Å². The summed E-state index contributed by atoms with van der Waals surface area (Å²) in [7, 11) is 0. The fourth-order valence-electron chi connectivity index (χ4n) is 1.86. The quantitative estimate of drug-likeness (QED) is 0.648. The zero-order valence-corrected chi connectivity index (χ0v) is 10.2. The molecule has 98 valence electrons. The molecular weight excluding hydrogens is 262 g/mol. The number of hydrogen-bond acceptors (Lipinski definition) is 6. The first-order valence-electron chi connectivity index (χ1n) is 5.38. The molecule has 1 aliphatic heterocycles. The van der Waals surface area contributed by atoms with E-state index in [1.807, 2.05) is 0 Å². The van der Waals surface area contributed by atoms with Crippen molar-refractivity contribution in [2.45, 2.75) is 6.04 Å². The number of ether oxygens (including phenoxy) is 1. The lowest BCUT2D eigenvalue weighted by Crippen LogP contribution is -2.48. The third-order valence-electron chi connectivity index (χ3n) is 2.72. The molecule has 0 radical (unpaired) electrons. The first kappa shape index (κ1) is 13.0. The van der Waals surface area contributed by atoms with Gasteiger partial charge >= 0.3 is 5.69 Å². The lowest BCUT2D eigenvalue weighted by molar-refractivity contribution is -0.384. The smallest absolute Gasteiger partial charge is 0.313 e. The van der Waals surface area contributed by atoms with Gasteiger partial charge in [0.15, 0.2) is 0 Å². The number of aliphatic hydroxyl groups is 1. The van der Waals surface area contributed by atoms with Gasteiger partial charge in [0, 0.05) is 18.8 Å². The van der Waals surface area contributed by atoms with Gasteiger partial charge in [-0.15, -0.1) is 0 Å². The minimum absolute atomic E-state index is 0.151. The van der Waals surface area contributed by atoms with Crippen molar-refractivity contribution in [2.75, 3.05) is 31.3 Å². The first-order valence-corrected chi connectivity index (χ1v) is 5.76. The number of aromatic nitrogens is 1. The van der Waals surface area contributed by atoms with Crippen LogP contribution in [0.4, 0.5) is 11.5 Å². The molecule has 18 heavy (non-hydrogen) atoms. The van der Waals surface area contributed by atoms with Crippen molar-refractivity contribution in [3.8, 4) is 0 Å². The number of nitro groups is 1. The summed E-state index contributed by atoms with van der Waals surface area (Å²) in [5.41, 5.74) is -0.164. The molecule has 0 aliphatic carbocycles. The van der Waals surface area contributed by atoms with Crippen molar-refractivity contribution >= 4 is 23.1 Å². The molecule has 1 aliphatic rings. The normalized spacial score (nSPS) is 19.9. The zero-order chi connectivity index (χ0) is 13.1. The summed E-state index contributed by atoms with van der Waals surface area (Å²) in [6, 6.07) is 0.930. The highest BCUT2D eigenvalue weighted by Gasteiger charge is 2.29. The number of rotatable bonds is 3. The highest BCUT2D eigenvalue weighted by molar-refractivity contribution is 6.30. The predicted octanol–water partition coefficient (Wildman–Crippen LogP) is 0.841. The number of halogens is 1. The summed E-state index contributed by atoms with van der Waals surface area (Å²) in [4.78, 5) is 16.2. The first-order chi connectivity index (χ1) is 8.63. The Balaban J connectivity index is 2.39. The largest absolute Gasteiger partial charge is 0.394 e. The van der Waals surface area contributed by atoms with E-state index in [0.29, 0.717) is 19.8 Å². The van der Waals surface area contributed by atoms with Gasteiger partial charge in [0.1, 0.15) is 0 Å². The molecule has 2 heterocycles. The van der Waals surface area contributed by atoms with E-state index in [1.54, 1.807) is 4.90 Å². The number of pyridine rings is 1. The number of aliphatic hydroxyl groups excluding tert-OH is 1. The van der Waals surface area contributed by atoms with Gasteiger partial charge in [-0.3, -0.25) is 10.1 Å². The van der Waals surface area contributed by atoms with Crippen LogP contribution in [0.25, 0.3) is 0 Å². The number of anilines is 1. The highest BCUT2D eigenvalue weighted by Crippen LogP contribution is 2.30. The number of nitrogens with zero attached hydrogens (tertiary/aromatic N) is 3. The Labute approximate surface area is 108 Å². The lowest BCUT2D eigenvalue weighted by Gasteiger charge is -2.34. The van der Waals surface area contributed by atoms with Crippen molar-refractivity contribution in [2.24, 2.45) is 0 Å². The lowest BCUT2D eigenvalue weighted by atomic mass is 10.2. The molecule has 7 nitrogen and oxygen atoms in total. The minimum Gasteiger partial charge on any atom is -0.394 e. The van der Waals surface area contributed by atoms with Gasteiger partial charge in [-0.25, -0.2) is 4.98 Å². The minimum atomic E-state index is -0.530. The van der Waals surface area contributed by atoms with Crippen molar-refractivity contribution in [3.63, 3.8) is 0 Å². The maximum atomic E-state index is 11.0. The van der Waals surface area contributed by atoms with Crippen LogP contribution < -0.4 is 4.90 Å². The topological polar surface area (TPSA) is 88.7 Å². The van der Waals surface area contributed by atoms with Crippen LogP contribution in [0, 0.1) is 10.1 Å². The van der Waals surface area contributed by atoms with Gasteiger partial charge in [-0.1, -0.05) is 11.6 Å². The van der Waals surface area contributed by atoms with Crippen LogP contribution in [0.1, 0.15) is 0 Å². The van der Waals surface area contributed by atoms with Crippen LogP contribution in [0.3, 0.4) is 0 Å². The van der Waals surface area contributed by atoms with Crippen molar-refractivity contribution in [3.05, 3.63) is 27.4 Å². The highest BCUT2D eigenvalue weighted by atomic mass is 35.5. The summed E-state index contributed by atoms with van der Waals surface area (Å²) >= 11 is 5.71. The molecule has 0 saturated carbocycles. The van der Waals surface area contributed by atoms with Crippen LogP contribution in [0.5, 0.6) is 0 Å². The third kappa shape index (κ3) is 2.53. The summed E-state index contributed by atoms with van der Waals surface area (Å²) in [5.74, 6) is 0.215. The van der Waals surface area contributed by atoms with Gasteiger partial charge in [-0.2, -0.15) is 0 Å². The Morgan fingerprint density at radius 2 is 2.50 bits per heavy atom. The van der Waals surface area contributed by atoms with Gasteiger partial charge in [0.05, 0.1) is 35.8 Å². The molecule has 1 fully saturated rings. The molecule has 1 aromatic heterocycles. The Bertz CT molecular complexity index is 457. The maximum absolute atomic E-state index is 11.0. The molecule has 8 heteroatoms. The fraction of sp³-hybridized carbons (Fsp3) is 0.500. The molecule has 1 atom stereocenters. The Kier molecular flexibility index (Phi) is 3.95. The van der Waals surface area contributed by atoms with E-state index in [1.165, 1.54) is 12.3 Å². The SMILES string of the molecule is O=[N+]([O-])c1cc(Cl)cnc1N1CCOC[C@H]1CO. The zero-order valence-electron chi connectivity index (χ0n) is 9.45. The van der Waals surface area contributed by atoms with Crippen LogP contribution in [0.15, 0.2) is 12.3 Å². The van der Waals surface area contributed by atoms with E-state index in [4.69, 9.17) is 16.3 Å². The van der Waals surface area contributed by atoms with E-state index in [-0.39, 0.29) is 29.2 Å². The van der Waals surface area contributed by atoms with Crippen molar-refractivity contribution < 1.29 is 14.8 Å². The summed E-state index contributed by atoms with van der Waals surface area (Å²) in [6.07, 6.45) is 1.35. The van der Waals surface area contributed by atoms with Gasteiger partial charge < -0.3 is 14.7 Å². The second kappa shape index (κ2) is 5.47. The van der Waals surface area contributed by atoms with E-state index >= 15 is 0 Å². The molecule has 0 amide bonds. The summed E-state index contributed by atoms with van der Waals surface area (Å²) in [6.45, 7) is 1.05. The molecule has 0 unspecified atom stereocenters. The second-order valence-corrected chi connectivity index (χ2v) is 4.29. The number of morpholine rings is 1. The molecule has 2 rings (SSSR count). The fourth-order valence-corrected chi connectivity index (χ4v) is 2.01. The van der Waals surface area contributed by atoms with Crippen LogP contribution >= 0.6 is 11.6 Å². The Morgan fingerprint density at radius 3 is 3.17 bits per heavy atom. The van der Waals surface area contributed by atoms with E-state index in [9.17, 15) is 15.2 Å². The molecule has 1 aromatic rings. The molecule has 1 N–H and O–H groups in total. The van der Waals surface area contributed by atoms with Crippen LogP contribution in [-0.2, 0) is 4.74 Å². The van der Waals surface area contributed by atoms with Crippen LogP contribution in [-0.4, -0.2) is 47.4 Å². The number of hydrogen-bond donors (Lipinski definition) is 1. The van der Waals surface area contributed by atoms with Gasteiger partial charge in [-0.05, 0) is 0 Å². The summed E-state index contributed by atoms with van der Waals surface area (Å²) in [5, 5.41) is 20.5.